The molecule has 0 saturated carbocycles. The minimum absolute atomic E-state index is 0.0494. The van der Waals surface area contributed by atoms with Crippen LogP contribution >= 0.6 is 19.4 Å². The molecule has 4 aliphatic heterocycles. The van der Waals surface area contributed by atoms with E-state index in [1.807, 2.05) is 0 Å². The number of benzene rings is 2. The Bertz CT molecular complexity index is 2150. The molecule has 0 bridgehead atoms. The van der Waals surface area contributed by atoms with Gasteiger partial charge in [0.1, 0.15) is 54.0 Å². The van der Waals surface area contributed by atoms with Crippen LogP contribution in [0, 0.1) is 17.6 Å². The standard InChI is InChI=1S/C40H49ClF2N7O12P/c1-20-12-32-39(56)61-22(3)33(47-34(51)29(15-23-13-25(42)16-26(43)14-23)46-40(57)45-27-9-7-24(41)8-10-27)38(55)50-19-28(62-63(58,59)60)17-31(50)37(54)48-11-5-4-6-30(48)35(52)44-21(2)36(53)49(32)18-20/h7-10,13-14,16,20-22,28-33H,4-6,11-12,15,17-19H2,1-3H3,(H,44,52)(H,47,51)(H2,45,46,57)(H2,58,59,60)/t20-,21+,22+,28-,29+,30+,31+,32+,33+/m1/s1. The molecule has 342 valence electrons. The number of ether oxygens (including phenoxy) is 1. The lowest BCUT2D eigenvalue weighted by molar-refractivity contribution is -0.163. The van der Waals surface area contributed by atoms with Crippen LogP contribution in [0.3, 0.4) is 0 Å². The Kier molecular flexibility index (Phi) is 14.8. The van der Waals surface area contributed by atoms with Crippen LogP contribution in [-0.2, 0) is 49.0 Å². The molecule has 6 rings (SSSR count). The van der Waals surface area contributed by atoms with E-state index >= 15 is 0 Å². The number of carbonyl (C=O) groups is 7. The SMILES string of the molecule is C[C@@H]1C[C@H]2C(=O)O[C@@H](C)[C@H](NC(=O)[C@H](Cc3cc(F)cc(F)c3)NC(=O)Nc3ccc(Cl)cc3)C(=O)N3C[C@H](OP(=O)(O)O)C[C@H]3C(=O)N3CCCC[C@H]3C(=O)N[C@@H](C)C(=O)N2C1. The Hall–Kier alpha value is -5.21. The van der Waals surface area contributed by atoms with Crippen molar-refractivity contribution in [3.8, 4) is 0 Å². The molecule has 2 aromatic rings. The number of cyclic esters (lactones) is 1. The van der Waals surface area contributed by atoms with E-state index in [0.717, 1.165) is 17.0 Å². The molecule has 0 unspecified atom stereocenters. The first-order valence-corrected chi connectivity index (χ1v) is 22.3. The predicted octanol–water partition coefficient (Wildman–Crippen LogP) is 1.98. The van der Waals surface area contributed by atoms with Crippen LogP contribution in [0.1, 0.15) is 58.4 Å². The summed E-state index contributed by atoms with van der Waals surface area (Å²) in [5.41, 5.74) is 0.162. The van der Waals surface area contributed by atoms with Gasteiger partial charge in [-0.15, -0.1) is 0 Å². The summed E-state index contributed by atoms with van der Waals surface area (Å²) in [7, 11) is -5.21. The lowest BCUT2D eigenvalue weighted by Crippen LogP contribution is -2.63. The molecule has 4 heterocycles. The Balaban J connectivity index is 1.39. The van der Waals surface area contributed by atoms with Crippen LogP contribution < -0.4 is 21.3 Å². The van der Waals surface area contributed by atoms with Gasteiger partial charge < -0.3 is 50.5 Å². The molecule has 9 atom stereocenters. The number of urea groups is 1. The fourth-order valence-electron chi connectivity index (χ4n) is 8.51. The number of carbonyl (C=O) groups excluding carboxylic acids is 7. The van der Waals surface area contributed by atoms with Gasteiger partial charge in [0, 0.05) is 49.3 Å². The monoisotopic (exact) mass is 923 g/mol. The minimum Gasteiger partial charge on any atom is -0.458 e. The molecule has 0 aromatic heterocycles. The summed E-state index contributed by atoms with van der Waals surface area (Å²) in [5.74, 6) is -7.44. The van der Waals surface area contributed by atoms with Crippen LogP contribution in [-0.4, -0.2) is 134 Å². The average molecular weight is 924 g/mol. The lowest BCUT2D eigenvalue weighted by atomic mass is 9.98. The van der Waals surface area contributed by atoms with Crippen molar-refractivity contribution in [3.63, 3.8) is 0 Å². The summed E-state index contributed by atoms with van der Waals surface area (Å²) in [6, 6.07) is -1.19. The molecule has 4 aliphatic rings. The first kappa shape index (κ1) is 47.3. The van der Waals surface area contributed by atoms with Gasteiger partial charge in [0.25, 0.3) is 0 Å². The van der Waals surface area contributed by atoms with E-state index in [0.29, 0.717) is 23.9 Å². The van der Waals surface area contributed by atoms with Gasteiger partial charge in [-0.3, -0.25) is 28.5 Å². The van der Waals surface area contributed by atoms with Gasteiger partial charge in [-0.1, -0.05) is 18.5 Å². The fourth-order valence-corrected chi connectivity index (χ4v) is 9.18. The number of hydrogen-bond donors (Lipinski definition) is 6. The second-order valence-corrected chi connectivity index (χ2v) is 18.0. The molecule has 6 N–H and O–H groups in total. The van der Waals surface area contributed by atoms with Crippen molar-refractivity contribution in [3.05, 3.63) is 64.7 Å². The van der Waals surface area contributed by atoms with Gasteiger partial charge in [-0.25, -0.2) is 22.9 Å². The maximum atomic E-state index is 14.9. The van der Waals surface area contributed by atoms with Crippen molar-refractivity contribution < 1.29 is 66.0 Å². The number of halogens is 3. The first-order chi connectivity index (χ1) is 29.7. The average Bonchev–Trinajstić information content (AvgIpc) is 3.81. The number of rotatable bonds is 8. The molecule has 0 spiro atoms. The Morgan fingerprint density at radius 1 is 0.905 bits per heavy atom. The zero-order valence-electron chi connectivity index (χ0n) is 34.5. The number of anilines is 1. The van der Waals surface area contributed by atoms with Gasteiger partial charge in [-0.05, 0) is 87.4 Å². The van der Waals surface area contributed by atoms with Crippen molar-refractivity contribution in [1.29, 1.82) is 0 Å². The van der Waals surface area contributed by atoms with Gasteiger partial charge in [0.05, 0.1) is 6.10 Å². The van der Waals surface area contributed by atoms with E-state index in [-0.39, 0.29) is 43.1 Å². The van der Waals surface area contributed by atoms with Gasteiger partial charge in [-0.2, -0.15) is 0 Å². The molecule has 2 aromatic carbocycles. The van der Waals surface area contributed by atoms with Crippen molar-refractivity contribution in [1.82, 2.24) is 30.7 Å². The molecular formula is C40H49ClF2N7O12P. The highest BCUT2D eigenvalue weighted by atomic mass is 35.5. The normalized spacial score (nSPS) is 27.7. The molecule has 63 heavy (non-hydrogen) atoms. The Morgan fingerprint density at radius 3 is 2.24 bits per heavy atom. The van der Waals surface area contributed by atoms with E-state index in [2.05, 4.69) is 21.3 Å². The maximum absolute atomic E-state index is 14.9. The summed E-state index contributed by atoms with van der Waals surface area (Å²) in [4.78, 5) is 122. The van der Waals surface area contributed by atoms with Crippen LogP contribution in [0.2, 0.25) is 5.02 Å². The van der Waals surface area contributed by atoms with Crippen LogP contribution in [0.4, 0.5) is 19.3 Å². The van der Waals surface area contributed by atoms with E-state index in [1.165, 1.54) is 47.9 Å². The summed E-state index contributed by atoms with van der Waals surface area (Å²) < 4.78 is 51.6. The van der Waals surface area contributed by atoms with E-state index in [9.17, 15) is 56.7 Å². The number of piperidine rings is 1. The number of nitrogens with zero attached hydrogens (tertiary/aromatic N) is 3. The first-order valence-electron chi connectivity index (χ1n) is 20.4. The summed E-state index contributed by atoms with van der Waals surface area (Å²) in [6.45, 7) is 4.05. The van der Waals surface area contributed by atoms with Gasteiger partial charge in [0.15, 0.2) is 0 Å². The molecule has 4 saturated heterocycles. The third kappa shape index (κ3) is 11.7. The van der Waals surface area contributed by atoms with E-state index in [1.54, 1.807) is 6.92 Å². The molecule has 23 heteroatoms. The number of phosphoric ester groups is 1. The highest BCUT2D eigenvalue weighted by Crippen LogP contribution is 2.41. The minimum atomic E-state index is -5.21. The molecule has 0 radical (unpaired) electrons. The molecular weight excluding hydrogens is 875 g/mol. The van der Waals surface area contributed by atoms with Crippen molar-refractivity contribution in [2.45, 2.75) is 108 Å². The zero-order chi connectivity index (χ0) is 45.9. The third-order valence-corrected chi connectivity index (χ3v) is 12.2. The predicted molar refractivity (Wildman–Crippen MR) is 218 cm³/mol. The Labute approximate surface area is 365 Å². The van der Waals surface area contributed by atoms with E-state index in [4.69, 9.17) is 20.9 Å². The Morgan fingerprint density at radius 2 is 1.57 bits per heavy atom. The zero-order valence-corrected chi connectivity index (χ0v) is 36.2. The number of hydrogen-bond acceptors (Lipinski definition) is 10. The highest BCUT2D eigenvalue weighted by Gasteiger charge is 2.50. The number of amides is 7. The molecule has 7 amide bonds. The molecule has 0 aliphatic carbocycles. The molecule has 4 fully saturated rings. The molecule has 19 nitrogen and oxygen atoms in total. The second kappa shape index (κ2) is 19.7. The van der Waals surface area contributed by atoms with E-state index < -0.39 is 129 Å². The summed E-state index contributed by atoms with van der Waals surface area (Å²) >= 11 is 5.96. The smallest absolute Gasteiger partial charge is 0.458 e. The third-order valence-electron chi connectivity index (χ3n) is 11.4. The van der Waals surface area contributed by atoms with Crippen LogP contribution in [0.25, 0.3) is 0 Å². The number of esters is 1. The maximum Gasteiger partial charge on any atom is 0.469 e. The van der Waals surface area contributed by atoms with Gasteiger partial charge in [0.2, 0.25) is 29.5 Å². The van der Waals surface area contributed by atoms with Crippen LogP contribution in [0.15, 0.2) is 42.5 Å². The van der Waals surface area contributed by atoms with Crippen molar-refractivity contribution in [2.75, 3.05) is 25.0 Å². The van der Waals surface area contributed by atoms with Crippen LogP contribution in [0.5, 0.6) is 0 Å². The topological polar surface area (TPSA) is 253 Å². The lowest BCUT2D eigenvalue weighted by Gasteiger charge is -2.39. The quantitative estimate of drug-likeness (QED) is 0.164. The number of phosphoric acid groups is 1. The highest BCUT2D eigenvalue weighted by molar-refractivity contribution is 7.46. The second-order valence-electron chi connectivity index (χ2n) is 16.3. The summed E-state index contributed by atoms with van der Waals surface area (Å²) in [6.07, 6.45) is -2.72. The largest absolute Gasteiger partial charge is 0.469 e. The van der Waals surface area contributed by atoms with Crippen molar-refractivity contribution >= 4 is 66.6 Å². The number of nitrogens with one attached hydrogen (secondary N) is 4. The van der Waals surface area contributed by atoms with Crippen molar-refractivity contribution in [2.24, 2.45) is 5.92 Å². The fraction of sp³-hybridized carbons (Fsp3) is 0.525. The number of fused-ring (bicyclic) bond motifs is 3. The van der Waals surface area contributed by atoms with Gasteiger partial charge >= 0.3 is 19.8 Å². The summed E-state index contributed by atoms with van der Waals surface area (Å²) in [5, 5.41) is 10.5.